The summed E-state index contributed by atoms with van der Waals surface area (Å²) in [6.07, 6.45) is 1.18. The third-order valence-corrected chi connectivity index (χ3v) is 6.47. The van der Waals surface area contributed by atoms with Crippen LogP contribution < -0.4 is 9.64 Å². The van der Waals surface area contributed by atoms with Crippen LogP contribution in [0.2, 0.25) is 0 Å². The summed E-state index contributed by atoms with van der Waals surface area (Å²) in [5, 5.41) is 14.1. The number of methoxy groups -OCH3 is 1. The Hall–Kier alpha value is -4.00. The van der Waals surface area contributed by atoms with Crippen molar-refractivity contribution in [1.82, 2.24) is 14.7 Å². The van der Waals surface area contributed by atoms with Crippen molar-refractivity contribution in [1.29, 1.82) is 5.26 Å². The van der Waals surface area contributed by atoms with E-state index in [9.17, 15) is 23.2 Å². The number of carbonyl (C=O) groups excluding carboxylic acids is 1. The van der Waals surface area contributed by atoms with Crippen molar-refractivity contribution >= 4 is 11.6 Å². The lowest BCUT2D eigenvalue weighted by atomic mass is 10.0. The summed E-state index contributed by atoms with van der Waals surface area (Å²) < 4.78 is 47.9. The number of fused-ring (bicyclic) bond motifs is 1. The molecular formula is C25H22F3N5O2. The first-order valence-corrected chi connectivity index (χ1v) is 11.2. The van der Waals surface area contributed by atoms with Gasteiger partial charge in [0, 0.05) is 44.2 Å². The van der Waals surface area contributed by atoms with E-state index in [4.69, 9.17) is 4.74 Å². The molecule has 1 saturated heterocycles. The topological polar surface area (TPSA) is 74.4 Å². The normalized spacial score (nSPS) is 16.7. The second-order valence-corrected chi connectivity index (χ2v) is 8.68. The highest BCUT2D eigenvalue weighted by Gasteiger charge is 2.37. The minimum Gasteiger partial charge on any atom is -0.494 e. The van der Waals surface area contributed by atoms with Gasteiger partial charge in [0.15, 0.2) is 5.75 Å². The van der Waals surface area contributed by atoms with Gasteiger partial charge in [-0.25, -0.2) is 17.9 Å². The Labute approximate surface area is 199 Å². The lowest BCUT2D eigenvalue weighted by molar-refractivity contribution is -0.0220. The van der Waals surface area contributed by atoms with Crippen LogP contribution in [0.3, 0.4) is 0 Å². The van der Waals surface area contributed by atoms with E-state index >= 15 is 0 Å². The molecule has 0 saturated carbocycles. The second kappa shape index (κ2) is 8.65. The first kappa shape index (κ1) is 22.8. The summed E-state index contributed by atoms with van der Waals surface area (Å²) in [5.74, 6) is -3.30. The second-order valence-electron chi connectivity index (χ2n) is 8.68. The molecule has 3 aromatic rings. The average molecular weight is 481 g/mol. The van der Waals surface area contributed by atoms with E-state index in [1.807, 2.05) is 6.07 Å². The van der Waals surface area contributed by atoms with Gasteiger partial charge >= 0.3 is 0 Å². The molecule has 2 aliphatic heterocycles. The molecule has 35 heavy (non-hydrogen) atoms. The van der Waals surface area contributed by atoms with Crippen LogP contribution in [0, 0.1) is 17.1 Å². The van der Waals surface area contributed by atoms with Crippen LogP contribution in [0.15, 0.2) is 42.6 Å². The standard InChI is InChI=1S/C25H22F3N5O2/c1-35-23-16(12-29)2-7-21(31-10-8-25(27,28)9-11-31)22(23)24(34)32-13-17-14-33(30-20(17)15-32)19-5-3-18(26)4-6-19/h2-7,14H,8-11,13,15H2,1H3. The maximum Gasteiger partial charge on any atom is 0.260 e. The lowest BCUT2D eigenvalue weighted by Gasteiger charge is -2.35. The Bertz CT molecular complexity index is 1300. The molecule has 1 fully saturated rings. The predicted octanol–water partition coefficient (Wildman–Crippen LogP) is 4.28. The summed E-state index contributed by atoms with van der Waals surface area (Å²) in [7, 11) is 1.38. The fourth-order valence-corrected chi connectivity index (χ4v) is 4.60. The van der Waals surface area contributed by atoms with Gasteiger partial charge in [0.2, 0.25) is 0 Å². The van der Waals surface area contributed by atoms with Crippen LogP contribution in [-0.4, -0.2) is 46.7 Å². The molecule has 180 valence electrons. The van der Waals surface area contributed by atoms with Crippen LogP contribution in [0.5, 0.6) is 5.75 Å². The van der Waals surface area contributed by atoms with Gasteiger partial charge in [0.25, 0.3) is 11.8 Å². The molecule has 2 aromatic carbocycles. The highest BCUT2D eigenvalue weighted by atomic mass is 19.3. The van der Waals surface area contributed by atoms with Gasteiger partial charge < -0.3 is 14.5 Å². The van der Waals surface area contributed by atoms with Gasteiger partial charge in [0.1, 0.15) is 17.4 Å². The van der Waals surface area contributed by atoms with Gasteiger partial charge in [-0.3, -0.25) is 4.79 Å². The molecule has 0 spiro atoms. The molecule has 0 aliphatic carbocycles. The van der Waals surface area contributed by atoms with Crippen molar-refractivity contribution in [2.24, 2.45) is 0 Å². The predicted molar refractivity (Wildman–Crippen MR) is 121 cm³/mol. The van der Waals surface area contributed by atoms with Crippen LogP contribution >= 0.6 is 0 Å². The van der Waals surface area contributed by atoms with E-state index in [1.54, 1.807) is 44.9 Å². The van der Waals surface area contributed by atoms with Crippen molar-refractivity contribution in [2.45, 2.75) is 31.9 Å². The number of alkyl halides is 2. The molecule has 0 unspecified atom stereocenters. The number of benzene rings is 2. The van der Waals surface area contributed by atoms with E-state index in [1.165, 1.54) is 19.2 Å². The molecule has 0 N–H and O–H groups in total. The van der Waals surface area contributed by atoms with Gasteiger partial charge in [-0.1, -0.05) is 0 Å². The zero-order chi connectivity index (χ0) is 24.7. The number of ether oxygens (including phenoxy) is 1. The fraction of sp³-hybridized carbons (Fsp3) is 0.320. The zero-order valence-electron chi connectivity index (χ0n) is 19.0. The van der Waals surface area contributed by atoms with Crippen LogP contribution in [0.4, 0.5) is 18.9 Å². The van der Waals surface area contributed by atoms with E-state index in [2.05, 4.69) is 5.10 Å². The number of carbonyl (C=O) groups is 1. The lowest BCUT2D eigenvalue weighted by Crippen LogP contribution is -2.40. The number of piperidine rings is 1. The first-order chi connectivity index (χ1) is 16.8. The van der Waals surface area contributed by atoms with Crippen molar-refractivity contribution in [3.8, 4) is 17.5 Å². The third-order valence-electron chi connectivity index (χ3n) is 6.47. The van der Waals surface area contributed by atoms with Crippen LogP contribution in [0.25, 0.3) is 5.69 Å². The monoisotopic (exact) mass is 481 g/mol. The molecular weight excluding hydrogens is 459 g/mol. The molecule has 0 bridgehead atoms. The summed E-state index contributed by atoms with van der Waals surface area (Å²) in [6.45, 7) is 0.701. The van der Waals surface area contributed by atoms with Crippen molar-refractivity contribution in [3.05, 3.63) is 70.8 Å². The Morgan fingerprint density at radius 3 is 2.46 bits per heavy atom. The number of anilines is 1. The smallest absolute Gasteiger partial charge is 0.260 e. The number of amides is 1. The highest BCUT2D eigenvalue weighted by molar-refractivity contribution is 6.03. The highest BCUT2D eigenvalue weighted by Crippen LogP contribution is 2.38. The summed E-state index contributed by atoms with van der Waals surface area (Å²) >= 11 is 0. The van der Waals surface area contributed by atoms with E-state index in [0.717, 1.165) is 5.56 Å². The zero-order valence-corrected chi connectivity index (χ0v) is 19.0. The third kappa shape index (κ3) is 4.18. The fourth-order valence-electron chi connectivity index (χ4n) is 4.60. The first-order valence-electron chi connectivity index (χ1n) is 11.2. The molecule has 1 amide bonds. The van der Waals surface area contributed by atoms with Gasteiger partial charge in [-0.05, 0) is 36.4 Å². The maximum atomic E-state index is 13.8. The molecule has 7 nitrogen and oxygen atoms in total. The molecule has 1 aromatic heterocycles. The Morgan fingerprint density at radius 1 is 1.11 bits per heavy atom. The molecule has 0 atom stereocenters. The number of hydrogen-bond donors (Lipinski definition) is 0. The number of nitrogens with zero attached hydrogens (tertiary/aromatic N) is 5. The molecule has 2 aliphatic rings. The Morgan fingerprint density at radius 2 is 1.83 bits per heavy atom. The molecule has 3 heterocycles. The number of halogens is 3. The Kier molecular flexibility index (Phi) is 5.63. The van der Waals surface area contributed by atoms with Gasteiger partial charge in [-0.2, -0.15) is 10.4 Å². The minimum absolute atomic E-state index is 0.0901. The average Bonchev–Trinajstić information content (AvgIpc) is 3.43. The number of rotatable bonds is 4. The van der Waals surface area contributed by atoms with E-state index in [-0.39, 0.29) is 67.6 Å². The largest absolute Gasteiger partial charge is 0.494 e. The number of nitriles is 1. The van der Waals surface area contributed by atoms with Gasteiger partial charge in [-0.15, -0.1) is 0 Å². The minimum atomic E-state index is -2.73. The van der Waals surface area contributed by atoms with Crippen molar-refractivity contribution in [2.75, 3.05) is 25.1 Å². The summed E-state index contributed by atoms with van der Waals surface area (Å²) in [6, 6.07) is 11.2. The summed E-state index contributed by atoms with van der Waals surface area (Å²) in [5.41, 5.74) is 3.11. The van der Waals surface area contributed by atoms with Crippen LogP contribution in [0.1, 0.15) is 40.0 Å². The van der Waals surface area contributed by atoms with E-state index in [0.29, 0.717) is 17.1 Å². The Balaban J connectivity index is 1.44. The maximum absolute atomic E-state index is 13.8. The molecule has 10 heteroatoms. The van der Waals surface area contributed by atoms with E-state index < -0.39 is 5.92 Å². The van der Waals surface area contributed by atoms with Crippen molar-refractivity contribution in [3.63, 3.8) is 0 Å². The van der Waals surface area contributed by atoms with Crippen LogP contribution in [-0.2, 0) is 13.1 Å². The van der Waals surface area contributed by atoms with Gasteiger partial charge in [0.05, 0.1) is 36.3 Å². The number of aromatic nitrogens is 2. The molecule has 0 radical (unpaired) electrons. The SMILES string of the molecule is COc1c(C#N)ccc(N2CCC(F)(F)CC2)c1C(=O)N1Cc2cn(-c3ccc(F)cc3)nc2C1. The quantitative estimate of drug-likeness (QED) is 0.556. The summed E-state index contributed by atoms with van der Waals surface area (Å²) in [4.78, 5) is 17.1. The van der Waals surface area contributed by atoms with Crippen molar-refractivity contribution < 1.29 is 22.7 Å². The number of hydrogen-bond acceptors (Lipinski definition) is 5. The molecule has 5 rings (SSSR count).